The number of aryl methyl sites for hydroxylation is 1. The molecular formula is C24H19N3O3S. The number of nitrogens with one attached hydrogen (secondary N) is 1. The first kappa shape index (κ1) is 20.5. The van der Waals surface area contributed by atoms with Gasteiger partial charge in [0.25, 0.3) is 11.1 Å². The summed E-state index contributed by atoms with van der Waals surface area (Å²) >= 11 is 0.827. The van der Waals surface area contributed by atoms with Gasteiger partial charge in [0.2, 0.25) is 5.91 Å². The first-order valence-electron chi connectivity index (χ1n) is 9.59. The summed E-state index contributed by atoms with van der Waals surface area (Å²) in [5.74, 6) is 1.70. The van der Waals surface area contributed by atoms with Crippen molar-refractivity contribution < 1.29 is 14.4 Å². The molecule has 3 amide bonds. The molecule has 4 rings (SSSR count). The van der Waals surface area contributed by atoms with E-state index in [0.29, 0.717) is 12.2 Å². The fraction of sp³-hybridized carbons (Fsp3) is 0.125. The average molecular weight is 430 g/mol. The number of hydrogen-bond acceptors (Lipinski definition) is 4. The number of thioether (sulfide) groups is 1. The van der Waals surface area contributed by atoms with E-state index in [1.165, 1.54) is 0 Å². The normalized spacial score (nSPS) is 15.0. The van der Waals surface area contributed by atoms with Crippen LogP contribution in [0.1, 0.15) is 11.1 Å². The molecule has 31 heavy (non-hydrogen) atoms. The number of para-hydroxylation sites is 1. The molecule has 0 spiro atoms. The average Bonchev–Trinajstić information content (AvgIpc) is 3.22. The molecule has 0 aliphatic carbocycles. The van der Waals surface area contributed by atoms with E-state index in [1.54, 1.807) is 18.2 Å². The summed E-state index contributed by atoms with van der Waals surface area (Å²) in [7, 11) is 0. The van der Waals surface area contributed by atoms with Gasteiger partial charge in [-0.15, -0.1) is 6.42 Å². The molecule has 0 unspecified atom stereocenters. The first-order valence-corrected chi connectivity index (χ1v) is 10.4. The van der Waals surface area contributed by atoms with E-state index >= 15 is 0 Å². The van der Waals surface area contributed by atoms with Gasteiger partial charge in [-0.05, 0) is 43.0 Å². The number of hydrogen-bond donors (Lipinski definition) is 1. The number of aromatic nitrogens is 1. The molecule has 154 valence electrons. The Balaban J connectivity index is 1.54. The smallest absolute Gasteiger partial charge is 0.294 e. The third-order valence-electron chi connectivity index (χ3n) is 4.88. The lowest BCUT2D eigenvalue weighted by molar-refractivity contribution is -0.127. The van der Waals surface area contributed by atoms with Crippen molar-refractivity contribution in [1.29, 1.82) is 0 Å². The number of benzene rings is 2. The van der Waals surface area contributed by atoms with E-state index < -0.39 is 17.1 Å². The number of carbonyl (C=O) groups excluding carboxylic acids is 3. The van der Waals surface area contributed by atoms with Crippen molar-refractivity contribution in [3.05, 3.63) is 70.8 Å². The number of terminal acetylenes is 1. The van der Waals surface area contributed by atoms with Gasteiger partial charge in [0.15, 0.2) is 0 Å². The minimum absolute atomic E-state index is 0.275. The zero-order valence-electron chi connectivity index (χ0n) is 16.8. The summed E-state index contributed by atoms with van der Waals surface area (Å²) < 4.78 is 1.92. The van der Waals surface area contributed by atoms with Crippen molar-refractivity contribution in [2.75, 3.05) is 11.9 Å². The Morgan fingerprint density at radius 3 is 2.65 bits per heavy atom. The molecule has 1 aromatic heterocycles. The molecule has 0 bridgehead atoms. The highest BCUT2D eigenvalue weighted by atomic mass is 32.2. The van der Waals surface area contributed by atoms with Crippen LogP contribution in [0.25, 0.3) is 17.0 Å². The van der Waals surface area contributed by atoms with Crippen LogP contribution in [-0.2, 0) is 16.1 Å². The second-order valence-corrected chi connectivity index (χ2v) is 8.11. The van der Waals surface area contributed by atoms with E-state index in [0.717, 1.165) is 38.7 Å². The van der Waals surface area contributed by atoms with Gasteiger partial charge in [0.1, 0.15) is 6.54 Å². The van der Waals surface area contributed by atoms with Crippen molar-refractivity contribution in [1.82, 2.24) is 9.47 Å². The number of rotatable bonds is 5. The SMILES string of the molecule is C#CCn1cc(/C=C2\SC(=O)N(CC(=O)Nc3ccc(C)cc3)C2=O)c2ccccc21. The lowest BCUT2D eigenvalue weighted by Gasteiger charge is -2.12. The molecule has 0 radical (unpaired) electrons. The molecule has 6 nitrogen and oxygen atoms in total. The van der Waals surface area contributed by atoms with E-state index in [2.05, 4.69) is 11.2 Å². The van der Waals surface area contributed by atoms with Gasteiger partial charge < -0.3 is 9.88 Å². The minimum Gasteiger partial charge on any atom is -0.335 e. The largest absolute Gasteiger partial charge is 0.335 e. The Bertz CT molecular complexity index is 1270. The van der Waals surface area contributed by atoms with Gasteiger partial charge in [-0.2, -0.15) is 0 Å². The maximum absolute atomic E-state index is 12.8. The zero-order chi connectivity index (χ0) is 22.0. The van der Waals surface area contributed by atoms with Gasteiger partial charge in [0.05, 0.1) is 11.4 Å². The maximum Gasteiger partial charge on any atom is 0.294 e. The van der Waals surface area contributed by atoms with E-state index in [1.807, 2.05) is 54.1 Å². The minimum atomic E-state index is -0.483. The molecule has 1 fully saturated rings. The first-order chi connectivity index (χ1) is 15.0. The van der Waals surface area contributed by atoms with Crippen LogP contribution in [-0.4, -0.2) is 33.1 Å². The monoisotopic (exact) mass is 429 g/mol. The quantitative estimate of drug-likeness (QED) is 0.486. The Labute approximate surface area is 183 Å². The van der Waals surface area contributed by atoms with Crippen molar-refractivity contribution in [2.45, 2.75) is 13.5 Å². The predicted octanol–water partition coefficient (Wildman–Crippen LogP) is 4.26. The third-order valence-corrected chi connectivity index (χ3v) is 5.79. The van der Waals surface area contributed by atoms with Crippen LogP contribution in [0.2, 0.25) is 0 Å². The van der Waals surface area contributed by atoms with Crippen LogP contribution in [0, 0.1) is 19.3 Å². The van der Waals surface area contributed by atoms with Crippen molar-refractivity contribution in [3.8, 4) is 12.3 Å². The van der Waals surface area contributed by atoms with Crippen molar-refractivity contribution >= 4 is 51.5 Å². The van der Waals surface area contributed by atoms with E-state index in [-0.39, 0.29) is 11.4 Å². The molecule has 1 N–H and O–H groups in total. The second-order valence-electron chi connectivity index (χ2n) is 7.12. The number of imide groups is 1. The summed E-state index contributed by atoms with van der Waals surface area (Å²) in [5, 5.41) is 3.17. The van der Waals surface area contributed by atoms with Crippen molar-refractivity contribution in [2.24, 2.45) is 0 Å². The van der Waals surface area contributed by atoms with Crippen molar-refractivity contribution in [3.63, 3.8) is 0 Å². The Morgan fingerprint density at radius 1 is 1.16 bits per heavy atom. The van der Waals surface area contributed by atoms with Crippen LogP contribution in [0.5, 0.6) is 0 Å². The molecule has 0 saturated carbocycles. The molecule has 2 heterocycles. The summed E-state index contributed by atoms with van der Waals surface area (Å²) in [5.41, 5.74) is 3.42. The van der Waals surface area contributed by atoms with Crippen LogP contribution in [0.4, 0.5) is 10.5 Å². The number of carbonyl (C=O) groups is 3. The van der Waals surface area contributed by atoms with Gasteiger partial charge in [-0.3, -0.25) is 19.3 Å². The fourth-order valence-corrected chi connectivity index (χ4v) is 4.21. The summed E-state index contributed by atoms with van der Waals surface area (Å²) in [6, 6.07) is 15.0. The predicted molar refractivity (Wildman–Crippen MR) is 123 cm³/mol. The molecular weight excluding hydrogens is 410 g/mol. The highest BCUT2D eigenvalue weighted by Crippen LogP contribution is 2.34. The van der Waals surface area contributed by atoms with Gasteiger partial charge in [0, 0.05) is 28.4 Å². The number of anilines is 1. The van der Waals surface area contributed by atoms with Crippen LogP contribution < -0.4 is 5.32 Å². The number of fused-ring (bicyclic) bond motifs is 1. The topological polar surface area (TPSA) is 71.4 Å². The standard InChI is InChI=1S/C24H19N3O3S/c1-3-12-26-14-17(19-6-4-5-7-20(19)26)13-21-23(29)27(24(30)31-21)15-22(28)25-18-10-8-16(2)9-11-18/h1,4-11,13-14H,12,15H2,2H3,(H,25,28)/b21-13-. The molecule has 1 aliphatic rings. The maximum atomic E-state index is 12.8. The molecule has 7 heteroatoms. The van der Waals surface area contributed by atoms with E-state index in [9.17, 15) is 14.4 Å². The number of amides is 3. The van der Waals surface area contributed by atoms with E-state index in [4.69, 9.17) is 6.42 Å². The van der Waals surface area contributed by atoms with Gasteiger partial charge in [-0.1, -0.05) is 41.8 Å². The lowest BCUT2D eigenvalue weighted by Crippen LogP contribution is -2.36. The van der Waals surface area contributed by atoms with Gasteiger partial charge >= 0.3 is 0 Å². The summed E-state index contributed by atoms with van der Waals surface area (Å²) in [4.78, 5) is 38.8. The second kappa shape index (κ2) is 8.54. The van der Waals surface area contributed by atoms with Crippen LogP contribution in [0.15, 0.2) is 59.6 Å². The number of nitrogens with zero attached hydrogens (tertiary/aromatic N) is 2. The Kier molecular flexibility index (Phi) is 5.65. The molecule has 3 aromatic rings. The molecule has 0 atom stereocenters. The Hall–Kier alpha value is -3.76. The Morgan fingerprint density at radius 2 is 1.90 bits per heavy atom. The summed E-state index contributed by atoms with van der Waals surface area (Å²) in [6.45, 7) is 2.01. The summed E-state index contributed by atoms with van der Waals surface area (Å²) in [6.07, 6.45) is 9.00. The fourth-order valence-electron chi connectivity index (χ4n) is 3.38. The molecule has 1 aliphatic heterocycles. The molecule has 1 saturated heterocycles. The third kappa shape index (κ3) is 4.25. The van der Waals surface area contributed by atoms with Gasteiger partial charge in [-0.25, -0.2) is 0 Å². The zero-order valence-corrected chi connectivity index (χ0v) is 17.6. The highest BCUT2D eigenvalue weighted by Gasteiger charge is 2.36. The van der Waals surface area contributed by atoms with Crippen LogP contribution >= 0.6 is 11.8 Å². The highest BCUT2D eigenvalue weighted by molar-refractivity contribution is 8.18. The van der Waals surface area contributed by atoms with Crippen LogP contribution in [0.3, 0.4) is 0 Å². The lowest BCUT2D eigenvalue weighted by atomic mass is 10.1. The molecule has 2 aromatic carbocycles.